The summed E-state index contributed by atoms with van der Waals surface area (Å²) >= 11 is 6.30. The molecule has 0 amide bonds. The molecule has 18 heavy (non-hydrogen) atoms. The molecule has 1 aromatic rings. The van der Waals surface area contributed by atoms with Crippen LogP contribution in [-0.2, 0) is 0 Å². The van der Waals surface area contributed by atoms with E-state index in [0.717, 1.165) is 38.2 Å². The molecule has 0 N–H and O–H groups in total. The lowest BCUT2D eigenvalue weighted by molar-refractivity contribution is -0.0375. The molecule has 0 bridgehead atoms. The third-order valence-corrected chi connectivity index (χ3v) is 5.00. The molecule has 2 saturated carbocycles. The molecule has 2 atom stereocenters. The minimum atomic E-state index is -0.638. The van der Waals surface area contributed by atoms with Gasteiger partial charge in [0.15, 0.2) is 11.6 Å². The van der Waals surface area contributed by atoms with Crippen molar-refractivity contribution in [1.29, 1.82) is 0 Å². The molecule has 0 aliphatic heterocycles. The van der Waals surface area contributed by atoms with Gasteiger partial charge in [-0.05, 0) is 25.0 Å². The Morgan fingerprint density at radius 1 is 1.22 bits per heavy atom. The molecule has 2 aliphatic rings. The first-order chi connectivity index (χ1) is 8.62. The lowest BCUT2D eigenvalue weighted by atomic mass is 9.64. The van der Waals surface area contributed by atoms with Crippen LogP contribution in [0.25, 0.3) is 0 Å². The molecule has 1 spiro atoms. The van der Waals surface area contributed by atoms with E-state index in [0.29, 0.717) is 0 Å². The fraction of sp³-hybridized carbons (Fsp3) is 0.571. The molecule has 0 heterocycles. The Labute approximate surface area is 110 Å². The lowest BCUT2D eigenvalue weighted by Crippen LogP contribution is -2.55. The van der Waals surface area contributed by atoms with Crippen LogP contribution in [0.4, 0.5) is 8.78 Å². The number of ether oxygens (including phenoxy) is 1. The summed E-state index contributed by atoms with van der Waals surface area (Å²) in [6.07, 6.45) is 5.15. The van der Waals surface area contributed by atoms with E-state index in [-0.39, 0.29) is 22.6 Å². The Hall–Kier alpha value is -0.830. The maximum atomic E-state index is 13.5. The molecule has 3 rings (SSSR count). The third-order valence-electron chi connectivity index (χ3n) is 4.38. The highest BCUT2D eigenvalue weighted by atomic mass is 35.5. The number of halogens is 3. The van der Waals surface area contributed by atoms with Crippen molar-refractivity contribution in [2.45, 2.75) is 43.6 Å². The second-order valence-corrected chi connectivity index (χ2v) is 5.85. The molecule has 0 radical (unpaired) electrons. The van der Waals surface area contributed by atoms with Gasteiger partial charge < -0.3 is 4.74 Å². The predicted octanol–water partition coefficient (Wildman–Crippen LogP) is 4.28. The molecular formula is C14H15ClF2O. The number of alkyl halides is 1. The molecular weight excluding hydrogens is 258 g/mol. The third kappa shape index (κ3) is 1.80. The Morgan fingerprint density at radius 3 is 2.56 bits per heavy atom. The van der Waals surface area contributed by atoms with Gasteiger partial charge in [-0.3, -0.25) is 0 Å². The van der Waals surface area contributed by atoms with E-state index in [1.165, 1.54) is 12.1 Å². The van der Waals surface area contributed by atoms with E-state index in [1.807, 2.05) is 0 Å². The fourth-order valence-corrected chi connectivity index (χ4v) is 3.78. The average molecular weight is 273 g/mol. The van der Waals surface area contributed by atoms with Crippen LogP contribution < -0.4 is 4.74 Å². The van der Waals surface area contributed by atoms with Crippen molar-refractivity contribution in [3.05, 3.63) is 29.8 Å². The number of rotatable bonds is 2. The molecule has 2 aliphatic carbocycles. The minimum absolute atomic E-state index is 0.0163. The van der Waals surface area contributed by atoms with E-state index >= 15 is 0 Å². The summed E-state index contributed by atoms with van der Waals surface area (Å²) in [5, 5.41) is 0.133. The summed E-state index contributed by atoms with van der Waals surface area (Å²) in [5.41, 5.74) is 0.0163. The van der Waals surface area contributed by atoms with Crippen LogP contribution in [0.3, 0.4) is 0 Å². The monoisotopic (exact) mass is 272 g/mol. The van der Waals surface area contributed by atoms with Crippen LogP contribution in [-0.4, -0.2) is 11.5 Å². The highest BCUT2D eigenvalue weighted by molar-refractivity contribution is 6.21. The van der Waals surface area contributed by atoms with Crippen molar-refractivity contribution >= 4 is 11.6 Å². The van der Waals surface area contributed by atoms with Gasteiger partial charge in [-0.2, -0.15) is 0 Å². The van der Waals surface area contributed by atoms with Gasteiger partial charge in [0.2, 0.25) is 0 Å². The molecule has 1 nitrogen and oxygen atoms in total. The maximum Gasteiger partial charge on any atom is 0.167 e. The SMILES string of the molecule is Fc1ccc(OC2CC(Cl)C23CCCC3)c(F)c1. The topological polar surface area (TPSA) is 9.23 Å². The van der Waals surface area contributed by atoms with Gasteiger partial charge in [0, 0.05) is 23.3 Å². The van der Waals surface area contributed by atoms with Gasteiger partial charge in [-0.15, -0.1) is 11.6 Å². The molecule has 98 valence electrons. The first kappa shape index (κ1) is 12.2. The standard InChI is InChI=1S/C14H15ClF2O/c15-12-8-13(14(12)5-1-2-6-14)18-11-4-3-9(16)7-10(11)17/h3-4,7,12-13H,1-2,5-6,8H2. The van der Waals surface area contributed by atoms with Gasteiger partial charge in [0.25, 0.3) is 0 Å². The Bertz CT molecular complexity index is 457. The maximum absolute atomic E-state index is 13.5. The highest BCUT2D eigenvalue weighted by Crippen LogP contribution is 2.57. The quantitative estimate of drug-likeness (QED) is 0.730. The van der Waals surface area contributed by atoms with Crippen molar-refractivity contribution < 1.29 is 13.5 Å². The van der Waals surface area contributed by atoms with Crippen LogP contribution in [0.1, 0.15) is 32.1 Å². The number of hydrogen-bond donors (Lipinski definition) is 0. The van der Waals surface area contributed by atoms with Crippen molar-refractivity contribution in [2.24, 2.45) is 5.41 Å². The van der Waals surface area contributed by atoms with Crippen molar-refractivity contribution in [2.75, 3.05) is 0 Å². The summed E-state index contributed by atoms with van der Waals surface area (Å²) in [4.78, 5) is 0. The van der Waals surface area contributed by atoms with Gasteiger partial charge in [0.05, 0.1) is 0 Å². The Morgan fingerprint density at radius 2 is 1.94 bits per heavy atom. The normalized spacial score (nSPS) is 29.3. The van der Waals surface area contributed by atoms with E-state index in [4.69, 9.17) is 16.3 Å². The van der Waals surface area contributed by atoms with Crippen LogP contribution >= 0.6 is 11.6 Å². The summed E-state index contributed by atoms with van der Waals surface area (Å²) in [7, 11) is 0. The second-order valence-electron chi connectivity index (χ2n) is 5.32. The number of hydrogen-bond acceptors (Lipinski definition) is 1. The molecule has 0 aromatic heterocycles. The van der Waals surface area contributed by atoms with Gasteiger partial charge in [-0.25, -0.2) is 8.78 Å². The molecule has 2 fully saturated rings. The van der Waals surface area contributed by atoms with E-state index in [9.17, 15) is 8.78 Å². The van der Waals surface area contributed by atoms with Crippen LogP contribution in [0.15, 0.2) is 18.2 Å². The largest absolute Gasteiger partial charge is 0.487 e. The second kappa shape index (κ2) is 4.37. The van der Waals surface area contributed by atoms with Crippen LogP contribution in [0.2, 0.25) is 0 Å². The smallest absolute Gasteiger partial charge is 0.167 e. The minimum Gasteiger partial charge on any atom is -0.487 e. The van der Waals surface area contributed by atoms with E-state index in [1.54, 1.807) is 0 Å². The fourth-order valence-electron chi connectivity index (χ4n) is 3.26. The Balaban J connectivity index is 1.77. The zero-order valence-corrected chi connectivity index (χ0v) is 10.7. The van der Waals surface area contributed by atoms with Crippen LogP contribution in [0, 0.1) is 17.0 Å². The zero-order chi connectivity index (χ0) is 12.8. The molecule has 1 aromatic carbocycles. The predicted molar refractivity (Wildman–Crippen MR) is 65.9 cm³/mol. The molecule has 2 unspecified atom stereocenters. The first-order valence-corrected chi connectivity index (χ1v) is 6.81. The average Bonchev–Trinajstić information content (AvgIpc) is 2.83. The van der Waals surface area contributed by atoms with E-state index in [2.05, 4.69) is 0 Å². The van der Waals surface area contributed by atoms with Crippen LogP contribution in [0.5, 0.6) is 5.75 Å². The summed E-state index contributed by atoms with van der Waals surface area (Å²) in [6.45, 7) is 0. The Kier molecular flexibility index (Phi) is 2.97. The van der Waals surface area contributed by atoms with Gasteiger partial charge >= 0.3 is 0 Å². The molecule has 0 saturated heterocycles. The lowest BCUT2D eigenvalue weighted by Gasteiger charge is -2.50. The van der Waals surface area contributed by atoms with Crippen molar-refractivity contribution in [1.82, 2.24) is 0 Å². The number of benzene rings is 1. The zero-order valence-electron chi connectivity index (χ0n) is 9.96. The summed E-state index contributed by atoms with van der Waals surface area (Å²) < 4.78 is 32.1. The summed E-state index contributed by atoms with van der Waals surface area (Å²) in [5.74, 6) is -1.09. The summed E-state index contributed by atoms with van der Waals surface area (Å²) in [6, 6.07) is 3.43. The first-order valence-electron chi connectivity index (χ1n) is 6.37. The van der Waals surface area contributed by atoms with Crippen molar-refractivity contribution in [3.8, 4) is 5.75 Å². The highest BCUT2D eigenvalue weighted by Gasteiger charge is 2.57. The van der Waals surface area contributed by atoms with Gasteiger partial charge in [0.1, 0.15) is 11.9 Å². The van der Waals surface area contributed by atoms with E-state index < -0.39 is 11.6 Å². The molecule has 4 heteroatoms. The van der Waals surface area contributed by atoms with Gasteiger partial charge in [-0.1, -0.05) is 12.8 Å². The van der Waals surface area contributed by atoms with Crippen molar-refractivity contribution in [3.63, 3.8) is 0 Å².